The molecule has 2 amide bonds. The zero-order chi connectivity index (χ0) is 15.1. The van der Waals surface area contributed by atoms with Crippen LogP contribution in [0.2, 0.25) is 0 Å². The monoisotopic (exact) mass is 295 g/mol. The number of nitrogens with one attached hydrogen (secondary N) is 1. The van der Waals surface area contributed by atoms with Gasteiger partial charge in [0.2, 0.25) is 0 Å². The van der Waals surface area contributed by atoms with E-state index >= 15 is 0 Å². The standard InChI is InChI=1S/C17H33N3O/c1-3-5-11-20-12-7-6-8-16(20)13-18-17(21)19(4-2)14-15-9-10-15/h15-16H,3-14H2,1-2H3,(H,18,21). The highest BCUT2D eigenvalue weighted by atomic mass is 16.2. The molecule has 0 bridgehead atoms. The Morgan fingerprint density at radius 2 is 2.05 bits per heavy atom. The van der Waals surface area contributed by atoms with Crippen LogP contribution in [0.3, 0.4) is 0 Å². The summed E-state index contributed by atoms with van der Waals surface area (Å²) < 4.78 is 0. The van der Waals surface area contributed by atoms with Crippen molar-refractivity contribution in [3.63, 3.8) is 0 Å². The first-order chi connectivity index (χ1) is 10.2. The number of piperidine rings is 1. The third kappa shape index (κ3) is 5.50. The predicted molar refractivity (Wildman–Crippen MR) is 87.5 cm³/mol. The largest absolute Gasteiger partial charge is 0.336 e. The Balaban J connectivity index is 1.74. The molecule has 1 atom stereocenters. The lowest BCUT2D eigenvalue weighted by Gasteiger charge is -2.36. The number of rotatable bonds is 8. The molecule has 1 aliphatic heterocycles. The molecule has 1 heterocycles. The molecular formula is C17H33N3O. The summed E-state index contributed by atoms with van der Waals surface area (Å²) in [4.78, 5) is 16.9. The fraction of sp³-hybridized carbons (Fsp3) is 0.941. The van der Waals surface area contributed by atoms with E-state index < -0.39 is 0 Å². The Kier molecular flexibility index (Phi) is 6.81. The molecule has 1 saturated carbocycles. The number of hydrogen-bond acceptors (Lipinski definition) is 2. The van der Waals surface area contributed by atoms with Crippen LogP contribution in [0.1, 0.15) is 58.8 Å². The fourth-order valence-electron chi connectivity index (χ4n) is 3.23. The maximum Gasteiger partial charge on any atom is 0.317 e. The predicted octanol–water partition coefficient (Wildman–Crippen LogP) is 3.08. The molecular weight excluding hydrogens is 262 g/mol. The molecule has 0 spiro atoms. The molecule has 1 aliphatic carbocycles. The molecule has 0 aromatic heterocycles. The Morgan fingerprint density at radius 3 is 2.71 bits per heavy atom. The quantitative estimate of drug-likeness (QED) is 0.747. The normalized spacial score (nSPS) is 23.0. The van der Waals surface area contributed by atoms with Gasteiger partial charge in [-0.25, -0.2) is 4.79 Å². The molecule has 2 fully saturated rings. The maximum atomic E-state index is 12.3. The van der Waals surface area contributed by atoms with E-state index in [0.717, 1.165) is 25.6 Å². The highest BCUT2D eigenvalue weighted by Gasteiger charge is 2.27. The van der Waals surface area contributed by atoms with Crippen LogP contribution < -0.4 is 5.32 Å². The van der Waals surface area contributed by atoms with Gasteiger partial charge < -0.3 is 10.2 Å². The molecule has 0 aromatic carbocycles. The number of carbonyl (C=O) groups is 1. The van der Waals surface area contributed by atoms with Gasteiger partial charge in [0.05, 0.1) is 0 Å². The van der Waals surface area contributed by atoms with Crippen LogP contribution in [-0.4, -0.2) is 54.6 Å². The summed E-state index contributed by atoms with van der Waals surface area (Å²) in [6.45, 7) is 9.33. The molecule has 122 valence electrons. The highest BCUT2D eigenvalue weighted by molar-refractivity contribution is 5.74. The van der Waals surface area contributed by atoms with Gasteiger partial charge in [-0.05, 0) is 58.0 Å². The van der Waals surface area contributed by atoms with Crippen molar-refractivity contribution in [1.29, 1.82) is 0 Å². The second-order valence-corrected chi connectivity index (χ2v) is 6.71. The molecule has 4 nitrogen and oxygen atoms in total. The summed E-state index contributed by atoms with van der Waals surface area (Å²) >= 11 is 0. The van der Waals surface area contributed by atoms with Crippen molar-refractivity contribution < 1.29 is 4.79 Å². The third-order valence-corrected chi connectivity index (χ3v) is 4.88. The summed E-state index contributed by atoms with van der Waals surface area (Å²) in [5.74, 6) is 0.770. The highest BCUT2D eigenvalue weighted by Crippen LogP contribution is 2.29. The Hall–Kier alpha value is -0.770. The van der Waals surface area contributed by atoms with Crippen molar-refractivity contribution in [2.75, 3.05) is 32.7 Å². The van der Waals surface area contributed by atoms with Gasteiger partial charge in [-0.1, -0.05) is 19.8 Å². The van der Waals surface area contributed by atoms with Crippen LogP contribution in [0.4, 0.5) is 4.79 Å². The SMILES string of the molecule is CCCCN1CCCCC1CNC(=O)N(CC)CC1CC1. The number of unbranched alkanes of at least 4 members (excludes halogenated alkanes) is 1. The van der Waals surface area contributed by atoms with Gasteiger partial charge >= 0.3 is 6.03 Å². The number of nitrogens with zero attached hydrogens (tertiary/aromatic N) is 2. The molecule has 2 aliphatic rings. The zero-order valence-electron chi connectivity index (χ0n) is 13.9. The van der Waals surface area contributed by atoms with Gasteiger partial charge in [-0.3, -0.25) is 4.90 Å². The van der Waals surface area contributed by atoms with Gasteiger partial charge in [0.25, 0.3) is 0 Å². The summed E-state index contributed by atoms with van der Waals surface area (Å²) in [6.07, 6.45) is 8.99. The van der Waals surface area contributed by atoms with E-state index in [1.54, 1.807) is 0 Å². The van der Waals surface area contributed by atoms with Gasteiger partial charge in [-0.2, -0.15) is 0 Å². The van der Waals surface area contributed by atoms with Crippen molar-refractivity contribution in [3.8, 4) is 0 Å². The topological polar surface area (TPSA) is 35.6 Å². The van der Waals surface area contributed by atoms with E-state index in [0.29, 0.717) is 6.04 Å². The van der Waals surface area contributed by atoms with Crippen LogP contribution in [0.25, 0.3) is 0 Å². The van der Waals surface area contributed by atoms with Gasteiger partial charge in [0, 0.05) is 25.7 Å². The Bertz CT molecular complexity index is 317. The second kappa shape index (κ2) is 8.62. The fourth-order valence-corrected chi connectivity index (χ4v) is 3.23. The van der Waals surface area contributed by atoms with Crippen molar-refractivity contribution in [3.05, 3.63) is 0 Å². The molecule has 4 heteroatoms. The van der Waals surface area contributed by atoms with Crippen LogP contribution in [0.15, 0.2) is 0 Å². The van der Waals surface area contributed by atoms with Crippen LogP contribution in [-0.2, 0) is 0 Å². The number of hydrogen-bond donors (Lipinski definition) is 1. The molecule has 1 unspecified atom stereocenters. The molecule has 21 heavy (non-hydrogen) atoms. The van der Waals surface area contributed by atoms with Crippen molar-refractivity contribution in [2.45, 2.75) is 64.8 Å². The van der Waals surface area contributed by atoms with Crippen LogP contribution in [0.5, 0.6) is 0 Å². The van der Waals surface area contributed by atoms with Gasteiger partial charge in [0.15, 0.2) is 0 Å². The number of urea groups is 1. The maximum absolute atomic E-state index is 12.3. The first-order valence-corrected chi connectivity index (χ1v) is 9.01. The van der Waals surface area contributed by atoms with Crippen LogP contribution in [0, 0.1) is 5.92 Å². The third-order valence-electron chi connectivity index (χ3n) is 4.88. The smallest absolute Gasteiger partial charge is 0.317 e. The molecule has 1 saturated heterocycles. The number of carbonyl (C=O) groups excluding carboxylic acids is 1. The molecule has 1 N–H and O–H groups in total. The van der Waals surface area contributed by atoms with Crippen molar-refractivity contribution in [1.82, 2.24) is 15.1 Å². The number of likely N-dealkylation sites (tertiary alicyclic amines) is 1. The van der Waals surface area contributed by atoms with E-state index in [2.05, 4.69) is 24.1 Å². The lowest BCUT2D eigenvalue weighted by molar-refractivity contribution is 0.140. The lowest BCUT2D eigenvalue weighted by atomic mass is 10.0. The first kappa shape index (κ1) is 16.6. The van der Waals surface area contributed by atoms with Crippen molar-refractivity contribution >= 4 is 6.03 Å². The summed E-state index contributed by atoms with van der Waals surface area (Å²) in [5.41, 5.74) is 0. The summed E-state index contributed by atoms with van der Waals surface area (Å²) in [6, 6.07) is 0.694. The second-order valence-electron chi connectivity index (χ2n) is 6.71. The van der Waals surface area contributed by atoms with E-state index in [1.165, 1.54) is 58.0 Å². The molecule has 0 radical (unpaired) electrons. The van der Waals surface area contributed by atoms with E-state index in [-0.39, 0.29) is 6.03 Å². The average molecular weight is 295 g/mol. The average Bonchev–Trinajstić information content (AvgIpc) is 3.33. The van der Waals surface area contributed by atoms with E-state index in [9.17, 15) is 4.79 Å². The Labute approximate surface area is 130 Å². The first-order valence-electron chi connectivity index (χ1n) is 9.01. The van der Waals surface area contributed by atoms with E-state index in [1.807, 2.05) is 4.90 Å². The zero-order valence-corrected chi connectivity index (χ0v) is 13.9. The minimum Gasteiger partial charge on any atom is -0.336 e. The lowest BCUT2D eigenvalue weighted by Crippen LogP contribution is -2.50. The summed E-state index contributed by atoms with van der Waals surface area (Å²) in [7, 11) is 0. The summed E-state index contributed by atoms with van der Waals surface area (Å²) in [5, 5.41) is 3.19. The molecule has 0 aromatic rings. The minimum absolute atomic E-state index is 0.144. The van der Waals surface area contributed by atoms with Crippen LogP contribution >= 0.6 is 0 Å². The Morgan fingerprint density at radius 1 is 1.24 bits per heavy atom. The number of amides is 2. The van der Waals surface area contributed by atoms with Gasteiger partial charge in [-0.15, -0.1) is 0 Å². The van der Waals surface area contributed by atoms with Crippen molar-refractivity contribution in [2.24, 2.45) is 5.92 Å². The molecule has 2 rings (SSSR count). The minimum atomic E-state index is 0.144. The van der Waals surface area contributed by atoms with E-state index in [4.69, 9.17) is 0 Å². The van der Waals surface area contributed by atoms with Gasteiger partial charge in [0.1, 0.15) is 0 Å².